The zero-order valence-corrected chi connectivity index (χ0v) is 8.99. The molecule has 0 aliphatic carbocycles. The van der Waals surface area contributed by atoms with Crippen molar-refractivity contribution in [2.75, 3.05) is 0 Å². The first-order valence-electron chi connectivity index (χ1n) is 4.92. The second-order valence-corrected chi connectivity index (χ2v) is 4.25. The summed E-state index contributed by atoms with van der Waals surface area (Å²) in [6.07, 6.45) is 3.45. The first kappa shape index (κ1) is 9.46. The van der Waals surface area contributed by atoms with Gasteiger partial charge in [0.25, 0.3) is 5.56 Å². The molecule has 1 heterocycles. The van der Waals surface area contributed by atoms with Gasteiger partial charge in [-0.2, -0.15) is 0 Å². The van der Waals surface area contributed by atoms with Crippen molar-refractivity contribution in [2.45, 2.75) is 26.2 Å². The molecule has 0 bridgehead atoms. The van der Waals surface area contributed by atoms with E-state index in [1.165, 1.54) is 29.9 Å². The molecule has 1 aromatic carbocycles. The summed E-state index contributed by atoms with van der Waals surface area (Å²) in [5.41, 5.74) is 1.34. The van der Waals surface area contributed by atoms with Gasteiger partial charge < -0.3 is 0 Å². The van der Waals surface area contributed by atoms with Crippen LogP contribution in [0.25, 0.3) is 10.1 Å². The van der Waals surface area contributed by atoms with E-state index >= 15 is 0 Å². The molecule has 0 aliphatic heterocycles. The lowest BCUT2D eigenvalue weighted by molar-refractivity contribution is 0.799. The molecule has 0 fully saturated rings. The van der Waals surface area contributed by atoms with E-state index in [2.05, 4.69) is 17.4 Å². The van der Waals surface area contributed by atoms with Gasteiger partial charge in [-0.1, -0.05) is 37.0 Å². The third-order valence-electron chi connectivity index (χ3n) is 2.39. The molecule has 0 atom stereocenters. The highest BCUT2D eigenvalue weighted by atomic mass is 32.1. The van der Waals surface area contributed by atoms with Crippen LogP contribution in [0.4, 0.5) is 0 Å². The second kappa shape index (κ2) is 3.96. The molecule has 0 radical (unpaired) electrons. The van der Waals surface area contributed by atoms with Gasteiger partial charge in [0.1, 0.15) is 0 Å². The van der Waals surface area contributed by atoms with Gasteiger partial charge in [0.15, 0.2) is 0 Å². The Labute approximate surface area is 86.7 Å². The molecular formula is C11H13NOS. The number of aryl methyl sites for hydroxylation is 1. The largest absolute Gasteiger partial charge is 0.277 e. The van der Waals surface area contributed by atoms with Crippen LogP contribution in [-0.4, -0.2) is 4.37 Å². The first-order chi connectivity index (χ1) is 6.83. The average Bonchev–Trinajstić information content (AvgIpc) is 2.58. The van der Waals surface area contributed by atoms with Crippen molar-refractivity contribution in [1.82, 2.24) is 4.37 Å². The molecule has 14 heavy (non-hydrogen) atoms. The third-order valence-corrected chi connectivity index (χ3v) is 3.36. The number of hydrogen-bond acceptors (Lipinski definition) is 2. The van der Waals surface area contributed by atoms with Gasteiger partial charge in [-0.25, -0.2) is 0 Å². The predicted molar refractivity (Wildman–Crippen MR) is 61.1 cm³/mol. The van der Waals surface area contributed by atoms with Crippen LogP contribution in [0.1, 0.15) is 25.3 Å². The van der Waals surface area contributed by atoms with Gasteiger partial charge in [-0.3, -0.25) is 9.17 Å². The van der Waals surface area contributed by atoms with Gasteiger partial charge in [-0.15, -0.1) is 0 Å². The van der Waals surface area contributed by atoms with E-state index in [1.54, 1.807) is 0 Å². The van der Waals surface area contributed by atoms with Crippen LogP contribution < -0.4 is 5.56 Å². The fraction of sp³-hybridized carbons (Fsp3) is 0.364. The van der Waals surface area contributed by atoms with Crippen molar-refractivity contribution < 1.29 is 0 Å². The molecule has 3 heteroatoms. The highest BCUT2D eigenvalue weighted by molar-refractivity contribution is 7.13. The van der Waals surface area contributed by atoms with Crippen molar-refractivity contribution in [3.8, 4) is 0 Å². The highest BCUT2D eigenvalue weighted by Gasteiger charge is 2.05. The topological polar surface area (TPSA) is 32.9 Å². The Hall–Kier alpha value is -1.09. The Balaban J connectivity index is 2.49. The monoisotopic (exact) mass is 207 g/mol. The molecule has 2 aromatic rings. The zero-order chi connectivity index (χ0) is 9.97. The third kappa shape index (κ3) is 1.60. The molecule has 1 aromatic heterocycles. The maximum atomic E-state index is 11.4. The van der Waals surface area contributed by atoms with Crippen LogP contribution in [-0.2, 0) is 6.42 Å². The van der Waals surface area contributed by atoms with Crippen LogP contribution in [0.15, 0.2) is 23.0 Å². The summed E-state index contributed by atoms with van der Waals surface area (Å²) in [6.45, 7) is 2.18. The minimum Gasteiger partial charge on any atom is -0.277 e. The second-order valence-electron chi connectivity index (χ2n) is 3.43. The highest BCUT2D eigenvalue weighted by Crippen LogP contribution is 2.20. The van der Waals surface area contributed by atoms with Crippen molar-refractivity contribution in [3.63, 3.8) is 0 Å². The van der Waals surface area contributed by atoms with Crippen molar-refractivity contribution >= 4 is 21.6 Å². The lowest BCUT2D eigenvalue weighted by Gasteiger charge is -1.99. The smallest absolute Gasteiger partial charge is 0.265 e. The van der Waals surface area contributed by atoms with Crippen LogP contribution in [0.2, 0.25) is 0 Å². The van der Waals surface area contributed by atoms with Crippen LogP contribution in [0.5, 0.6) is 0 Å². The van der Waals surface area contributed by atoms with Crippen molar-refractivity contribution in [2.24, 2.45) is 0 Å². The van der Waals surface area contributed by atoms with E-state index in [-0.39, 0.29) is 5.56 Å². The van der Waals surface area contributed by atoms with Crippen molar-refractivity contribution in [3.05, 3.63) is 34.1 Å². The Morgan fingerprint density at radius 1 is 1.43 bits per heavy atom. The summed E-state index contributed by atoms with van der Waals surface area (Å²) >= 11 is 1.45. The van der Waals surface area contributed by atoms with Crippen LogP contribution in [0, 0.1) is 0 Å². The fourth-order valence-electron chi connectivity index (χ4n) is 1.60. The van der Waals surface area contributed by atoms with E-state index in [1.807, 2.05) is 12.1 Å². The molecule has 0 saturated heterocycles. The maximum absolute atomic E-state index is 11.4. The molecule has 0 unspecified atom stereocenters. The summed E-state index contributed by atoms with van der Waals surface area (Å²) in [5.74, 6) is 0. The number of rotatable bonds is 3. The summed E-state index contributed by atoms with van der Waals surface area (Å²) in [4.78, 5) is 11.4. The first-order valence-corrected chi connectivity index (χ1v) is 5.73. The zero-order valence-electron chi connectivity index (χ0n) is 8.17. The number of H-pyrrole nitrogens is 1. The molecule has 0 aliphatic rings. The summed E-state index contributed by atoms with van der Waals surface area (Å²) in [5, 5.41) is 0.837. The predicted octanol–water partition coefficient (Wildman–Crippen LogP) is 2.93. The fourth-order valence-corrected chi connectivity index (χ4v) is 2.48. The maximum Gasteiger partial charge on any atom is 0.265 e. The quantitative estimate of drug-likeness (QED) is 0.824. The Bertz CT molecular complexity index is 483. The number of aromatic nitrogens is 1. The molecule has 2 nitrogen and oxygen atoms in total. The van der Waals surface area contributed by atoms with E-state index < -0.39 is 0 Å². The number of benzene rings is 1. The Morgan fingerprint density at radius 3 is 3.07 bits per heavy atom. The summed E-state index contributed by atoms with van der Waals surface area (Å²) < 4.78 is 3.91. The molecular weight excluding hydrogens is 194 g/mol. The molecule has 2 rings (SSSR count). The average molecular weight is 207 g/mol. The lowest BCUT2D eigenvalue weighted by Crippen LogP contribution is -1.96. The van der Waals surface area contributed by atoms with E-state index in [4.69, 9.17) is 0 Å². The SMILES string of the molecule is CCCCc1cccc2c(=O)[nH]sc12. The summed E-state index contributed by atoms with van der Waals surface area (Å²) in [6, 6.07) is 5.97. The molecule has 74 valence electrons. The van der Waals surface area contributed by atoms with Gasteiger partial charge >= 0.3 is 0 Å². The standard InChI is InChI=1S/C11H13NOS/c1-2-3-5-8-6-4-7-9-10(8)14-12-11(9)13/h4,6-7H,2-3,5H2,1H3,(H,12,13). The van der Waals surface area contributed by atoms with Crippen LogP contribution in [0.3, 0.4) is 0 Å². The van der Waals surface area contributed by atoms with Crippen LogP contribution >= 0.6 is 11.5 Å². The van der Waals surface area contributed by atoms with E-state index in [0.29, 0.717) is 0 Å². The number of fused-ring (bicyclic) bond motifs is 1. The van der Waals surface area contributed by atoms with E-state index in [0.717, 1.165) is 16.5 Å². The minimum absolute atomic E-state index is 0.0448. The molecule has 0 saturated carbocycles. The summed E-state index contributed by atoms with van der Waals surface area (Å²) in [7, 11) is 0. The van der Waals surface area contributed by atoms with Gasteiger partial charge in [0.2, 0.25) is 0 Å². The van der Waals surface area contributed by atoms with Crippen molar-refractivity contribution in [1.29, 1.82) is 0 Å². The number of aromatic amines is 1. The normalized spacial score (nSPS) is 10.9. The van der Waals surface area contributed by atoms with Gasteiger partial charge in [0.05, 0.1) is 10.1 Å². The number of nitrogens with one attached hydrogen (secondary N) is 1. The number of unbranched alkanes of at least 4 members (excludes halogenated alkanes) is 1. The minimum atomic E-state index is 0.0448. The molecule has 1 N–H and O–H groups in total. The molecule has 0 amide bonds. The number of hydrogen-bond donors (Lipinski definition) is 1. The molecule has 0 spiro atoms. The lowest BCUT2D eigenvalue weighted by atomic mass is 10.1. The Morgan fingerprint density at radius 2 is 2.29 bits per heavy atom. The Kier molecular flexibility index (Phi) is 2.68. The van der Waals surface area contributed by atoms with Gasteiger partial charge in [0, 0.05) is 0 Å². The van der Waals surface area contributed by atoms with E-state index in [9.17, 15) is 4.79 Å². The van der Waals surface area contributed by atoms with Gasteiger partial charge in [-0.05, 0) is 24.5 Å².